The molecule has 0 aliphatic heterocycles. The van der Waals surface area contributed by atoms with E-state index < -0.39 is 0 Å². The van der Waals surface area contributed by atoms with Crippen LogP contribution >= 0.6 is 0 Å². The summed E-state index contributed by atoms with van der Waals surface area (Å²) in [4.78, 5) is 2.30. The molecule has 0 bridgehead atoms. The predicted octanol–water partition coefficient (Wildman–Crippen LogP) is 1.21. The van der Waals surface area contributed by atoms with Crippen molar-refractivity contribution in [2.75, 3.05) is 26.8 Å². The molecule has 0 amide bonds. The zero-order valence-electron chi connectivity index (χ0n) is 9.53. The van der Waals surface area contributed by atoms with Crippen LogP contribution in [0.15, 0.2) is 16.7 Å². The smallest absolute Gasteiger partial charge is 0.121 e. The summed E-state index contributed by atoms with van der Waals surface area (Å²) in [5.41, 5.74) is 6.75. The molecule has 86 valence electrons. The normalized spacial score (nSPS) is 11.2. The van der Waals surface area contributed by atoms with Crippen LogP contribution in [0.1, 0.15) is 18.2 Å². The molecule has 1 aromatic rings. The van der Waals surface area contributed by atoms with Crippen molar-refractivity contribution < 1.29 is 9.15 Å². The SMILES string of the molecule is CCN(CCOC)Cc1ccoc1CN. The lowest BCUT2D eigenvalue weighted by Gasteiger charge is -2.19. The van der Waals surface area contributed by atoms with Gasteiger partial charge in [-0.1, -0.05) is 6.92 Å². The monoisotopic (exact) mass is 212 g/mol. The zero-order chi connectivity index (χ0) is 11.1. The highest BCUT2D eigenvalue weighted by Gasteiger charge is 2.08. The number of furan rings is 1. The van der Waals surface area contributed by atoms with Crippen molar-refractivity contribution in [1.82, 2.24) is 4.90 Å². The van der Waals surface area contributed by atoms with E-state index in [0.717, 1.165) is 32.0 Å². The first-order chi connectivity index (χ1) is 7.31. The fourth-order valence-electron chi connectivity index (χ4n) is 1.50. The number of rotatable bonds is 7. The van der Waals surface area contributed by atoms with Crippen LogP contribution in [0, 0.1) is 0 Å². The summed E-state index contributed by atoms with van der Waals surface area (Å²) in [5.74, 6) is 0.880. The summed E-state index contributed by atoms with van der Waals surface area (Å²) >= 11 is 0. The Balaban J connectivity index is 2.50. The van der Waals surface area contributed by atoms with Crippen LogP contribution in [0.4, 0.5) is 0 Å². The molecule has 1 heterocycles. The molecule has 0 atom stereocenters. The summed E-state index contributed by atoms with van der Waals surface area (Å²) in [7, 11) is 1.72. The Kier molecular flexibility index (Phi) is 5.39. The van der Waals surface area contributed by atoms with Crippen molar-refractivity contribution in [2.24, 2.45) is 5.73 Å². The van der Waals surface area contributed by atoms with E-state index in [9.17, 15) is 0 Å². The Labute approximate surface area is 91.0 Å². The van der Waals surface area contributed by atoms with E-state index in [1.165, 1.54) is 5.56 Å². The average molecular weight is 212 g/mol. The third-order valence-corrected chi connectivity index (χ3v) is 2.48. The first-order valence-electron chi connectivity index (χ1n) is 5.28. The number of likely N-dealkylation sites (N-methyl/N-ethyl adjacent to an activating group) is 1. The van der Waals surface area contributed by atoms with Crippen LogP contribution < -0.4 is 5.73 Å². The summed E-state index contributed by atoms with van der Waals surface area (Å²) in [6.45, 7) is 6.16. The molecule has 2 N–H and O–H groups in total. The quantitative estimate of drug-likeness (QED) is 0.738. The molecule has 0 aliphatic carbocycles. The van der Waals surface area contributed by atoms with E-state index in [1.54, 1.807) is 13.4 Å². The number of nitrogens with two attached hydrogens (primary N) is 1. The highest BCUT2D eigenvalue weighted by atomic mass is 16.5. The van der Waals surface area contributed by atoms with Gasteiger partial charge in [0, 0.05) is 25.8 Å². The van der Waals surface area contributed by atoms with Gasteiger partial charge in [0.15, 0.2) is 0 Å². The molecular formula is C11H20N2O2. The van der Waals surface area contributed by atoms with Crippen LogP contribution in [0.5, 0.6) is 0 Å². The van der Waals surface area contributed by atoms with Crippen LogP contribution in [-0.2, 0) is 17.8 Å². The third kappa shape index (κ3) is 3.66. The van der Waals surface area contributed by atoms with E-state index in [2.05, 4.69) is 11.8 Å². The van der Waals surface area contributed by atoms with Gasteiger partial charge in [0.1, 0.15) is 5.76 Å². The first-order valence-corrected chi connectivity index (χ1v) is 5.28. The lowest BCUT2D eigenvalue weighted by molar-refractivity contribution is 0.147. The van der Waals surface area contributed by atoms with Gasteiger partial charge in [0.25, 0.3) is 0 Å². The van der Waals surface area contributed by atoms with E-state index in [4.69, 9.17) is 14.9 Å². The number of nitrogens with zero attached hydrogens (tertiary/aromatic N) is 1. The van der Waals surface area contributed by atoms with Crippen LogP contribution in [0.25, 0.3) is 0 Å². The Morgan fingerprint density at radius 2 is 2.33 bits per heavy atom. The van der Waals surface area contributed by atoms with Crippen molar-refractivity contribution in [3.63, 3.8) is 0 Å². The Bertz CT molecular complexity index is 273. The highest BCUT2D eigenvalue weighted by Crippen LogP contribution is 2.12. The molecule has 4 nitrogen and oxygen atoms in total. The standard InChI is InChI=1S/C11H20N2O2/c1-3-13(5-7-14-2)9-10-4-6-15-11(10)8-12/h4,6H,3,5,7-9,12H2,1-2H3. The molecule has 0 spiro atoms. The van der Waals surface area contributed by atoms with E-state index in [-0.39, 0.29) is 0 Å². The Morgan fingerprint density at radius 1 is 1.53 bits per heavy atom. The maximum Gasteiger partial charge on any atom is 0.121 e. The molecule has 0 fully saturated rings. The van der Waals surface area contributed by atoms with Gasteiger partial charge in [-0.3, -0.25) is 4.90 Å². The fourth-order valence-corrected chi connectivity index (χ4v) is 1.50. The van der Waals surface area contributed by atoms with Crippen molar-refractivity contribution in [1.29, 1.82) is 0 Å². The molecule has 0 saturated heterocycles. The van der Waals surface area contributed by atoms with E-state index in [0.29, 0.717) is 6.54 Å². The largest absolute Gasteiger partial charge is 0.468 e. The van der Waals surface area contributed by atoms with Crippen LogP contribution in [-0.4, -0.2) is 31.7 Å². The van der Waals surface area contributed by atoms with Gasteiger partial charge in [-0.05, 0) is 12.6 Å². The lowest BCUT2D eigenvalue weighted by Crippen LogP contribution is -2.27. The van der Waals surface area contributed by atoms with Gasteiger partial charge >= 0.3 is 0 Å². The van der Waals surface area contributed by atoms with Crippen molar-refractivity contribution in [2.45, 2.75) is 20.0 Å². The third-order valence-electron chi connectivity index (χ3n) is 2.48. The molecule has 0 radical (unpaired) electrons. The second-order valence-corrected chi connectivity index (χ2v) is 3.43. The molecular weight excluding hydrogens is 192 g/mol. The molecule has 0 unspecified atom stereocenters. The molecule has 0 aliphatic rings. The summed E-state index contributed by atoms with van der Waals surface area (Å²) in [5, 5.41) is 0. The van der Waals surface area contributed by atoms with Gasteiger partial charge in [-0.25, -0.2) is 0 Å². The first kappa shape index (κ1) is 12.2. The second-order valence-electron chi connectivity index (χ2n) is 3.43. The number of ether oxygens (including phenoxy) is 1. The highest BCUT2D eigenvalue weighted by molar-refractivity contribution is 5.16. The van der Waals surface area contributed by atoms with Gasteiger partial charge in [0.05, 0.1) is 19.4 Å². The second kappa shape index (κ2) is 6.61. The predicted molar refractivity (Wildman–Crippen MR) is 59.4 cm³/mol. The number of hydrogen-bond acceptors (Lipinski definition) is 4. The molecule has 0 aromatic carbocycles. The Morgan fingerprint density at radius 3 is 2.93 bits per heavy atom. The lowest BCUT2D eigenvalue weighted by atomic mass is 10.2. The molecule has 1 aromatic heterocycles. The van der Waals surface area contributed by atoms with E-state index in [1.807, 2.05) is 6.07 Å². The topological polar surface area (TPSA) is 51.6 Å². The minimum Gasteiger partial charge on any atom is -0.468 e. The minimum absolute atomic E-state index is 0.462. The van der Waals surface area contributed by atoms with Gasteiger partial charge in [0.2, 0.25) is 0 Å². The zero-order valence-corrected chi connectivity index (χ0v) is 9.53. The van der Waals surface area contributed by atoms with Crippen molar-refractivity contribution in [3.8, 4) is 0 Å². The maximum absolute atomic E-state index is 5.58. The van der Waals surface area contributed by atoms with Crippen molar-refractivity contribution in [3.05, 3.63) is 23.7 Å². The van der Waals surface area contributed by atoms with Gasteiger partial charge < -0.3 is 14.9 Å². The van der Waals surface area contributed by atoms with Crippen LogP contribution in [0.2, 0.25) is 0 Å². The minimum atomic E-state index is 0.462. The summed E-state index contributed by atoms with van der Waals surface area (Å²) in [6.07, 6.45) is 1.70. The number of hydrogen-bond donors (Lipinski definition) is 1. The van der Waals surface area contributed by atoms with Crippen LogP contribution in [0.3, 0.4) is 0 Å². The van der Waals surface area contributed by atoms with Gasteiger partial charge in [-0.2, -0.15) is 0 Å². The number of methoxy groups -OCH3 is 1. The average Bonchev–Trinajstić information content (AvgIpc) is 2.71. The summed E-state index contributed by atoms with van der Waals surface area (Å²) < 4.78 is 10.3. The van der Waals surface area contributed by atoms with E-state index >= 15 is 0 Å². The fraction of sp³-hybridized carbons (Fsp3) is 0.636. The van der Waals surface area contributed by atoms with Crippen molar-refractivity contribution >= 4 is 0 Å². The molecule has 15 heavy (non-hydrogen) atoms. The summed E-state index contributed by atoms with van der Waals surface area (Å²) in [6, 6.07) is 1.98. The maximum atomic E-state index is 5.58. The Hall–Kier alpha value is -0.840. The van der Waals surface area contributed by atoms with Gasteiger partial charge in [-0.15, -0.1) is 0 Å². The molecule has 1 rings (SSSR count). The molecule has 0 saturated carbocycles. The molecule has 4 heteroatoms.